The van der Waals surface area contributed by atoms with Crippen molar-refractivity contribution < 1.29 is 33.7 Å². The van der Waals surface area contributed by atoms with Crippen molar-refractivity contribution in [3.05, 3.63) is 62.7 Å². The van der Waals surface area contributed by atoms with Gasteiger partial charge in [0.1, 0.15) is 17.6 Å². The molecule has 0 aromatic heterocycles. The van der Waals surface area contributed by atoms with Gasteiger partial charge in [0.05, 0.1) is 11.5 Å². The highest BCUT2D eigenvalue weighted by Gasteiger charge is 2.26. The summed E-state index contributed by atoms with van der Waals surface area (Å²) in [5, 5.41) is 22.2. The van der Waals surface area contributed by atoms with Gasteiger partial charge in [-0.1, -0.05) is 6.92 Å². The molecule has 0 fully saturated rings. The average molecular weight is 435 g/mol. The van der Waals surface area contributed by atoms with Crippen LogP contribution in [0.2, 0.25) is 0 Å². The first-order valence-corrected chi connectivity index (χ1v) is 9.81. The smallest absolute Gasteiger partial charge is 0.269 e. The molecule has 0 heterocycles. The van der Waals surface area contributed by atoms with E-state index in [-0.39, 0.29) is 19.3 Å². The van der Waals surface area contributed by atoms with Gasteiger partial charge in [0.25, 0.3) is 5.69 Å². The molecule has 2 aromatic carbocycles. The number of ether oxygens (including phenoxy) is 5. The fourth-order valence-electron chi connectivity index (χ4n) is 3.36. The predicted molar refractivity (Wildman–Crippen MR) is 114 cm³/mol. The normalized spacial score (nSPS) is 11.9. The van der Waals surface area contributed by atoms with E-state index in [0.717, 1.165) is 11.1 Å². The number of methoxy groups -OCH3 is 3. The Hall–Kier alpha value is -2.72. The van der Waals surface area contributed by atoms with Crippen LogP contribution in [-0.4, -0.2) is 51.6 Å². The second-order valence-corrected chi connectivity index (χ2v) is 6.69. The Labute approximate surface area is 181 Å². The molecule has 9 heteroatoms. The second kappa shape index (κ2) is 12.2. The number of benzene rings is 2. The molecule has 0 aliphatic heterocycles. The molecule has 0 saturated heterocycles. The molecule has 170 valence electrons. The first-order valence-electron chi connectivity index (χ1n) is 9.81. The van der Waals surface area contributed by atoms with Crippen LogP contribution >= 0.6 is 0 Å². The lowest BCUT2D eigenvalue weighted by molar-refractivity contribution is -0.384. The molecule has 1 N–H and O–H groups in total. The largest absolute Gasteiger partial charge is 0.467 e. The third kappa shape index (κ3) is 6.14. The molecule has 0 spiro atoms. The van der Waals surface area contributed by atoms with Gasteiger partial charge < -0.3 is 28.8 Å². The van der Waals surface area contributed by atoms with Crippen LogP contribution in [-0.2, 0) is 27.1 Å². The summed E-state index contributed by atoms with van der Waals surface area (Å²) in [6.07, 6.45) is 0.0659. The first-order chi connectivity index (χ1) is 15.0. The molecule has 1 unspecified atom stereocenters. The van der Waals surface area contributed by atoms with Crippen molar-refractivity contribution in [1.29, 1.82) is 0 Å². The minimum atomic E-state index is -1.08. The summed E-state index contributed by atoms with van der Waals surface area (Å²) in [6.45, 7) is 2.44. The number of nitro groups is 1. The quantitative estimate of drug-likeness (QED) is 0.290. The summed E-state index contributed by atoms with van der Waals surface area (Å²) in [4.78, 5) is 10.5. The third-order valence-electron chi connectivity index (χ3n) is 4.78. The van der Waals surface area contributed by atoms with Crippen molar-refractivity contribution in [2.45, 2.75) is 25.9 Å². The fraction of sp³-hybridized carbons (Fsp3) is 0.455. The number of aliphatic hydroxyl groups excluding tert-OH is 1. The number of nitrogens with zero attached hydrogens (tertiary/aromatic N) is 1. The van der Waals surface area contributed by atoms with Crippen LogP contribution < -0.4 is 9.47 Å². The zero-order chi connectivity index (χ0) is 22.8. The molecule has 31 heavy (non-hydrogen) atoms. The van der Waals surface area contributed by atoms with Crippen LogP contribution in [0.4, 0.5) is 5.69 Å². The van der Waals surface area contributed by atoms with E-state index in [2.05, 4.69) is 0 Å². The van der Waals surface area contributed by atoms with Crippen molar-refractivity contribution >= 4 is 5.69 Å². The van der Waals surface area contributed by atoms with E-state index < -0.39 is 11.0 Å². The average Bonchev–Trinajstić information content (AvgIpc) is 2.79. The van der Waals surface area contributed by atoms with Gasteiger partial charge in [0.2, 0.25) is 0 Å². The summed E-state index contributed by atoms with van der Waals surface area (Å²) in [5.74, 6) is 0.975. The minimum Gasteiger partial charge on any atom is -0.467 e. The van der Waals surface area contributed by atoms with Crippen molar-refractivity contribution in [2.24, 2.45) is 0 Å². The maximum atomic E-state index is 11.3. The molecule has 0 aliphatic carbocycles. The molecule has 2 rings (SSSR count). The van der Waals surface area contributed by atoms with Gasteiger partial charge >= 0.3 is 0 Å². The molecular weight excluding hydrogens is 406 g/mol. The van der Waals surface area contributed by atoms with Crippen molar-refractivity contribution in [1.82, 2.24) is 0 Å². The van der Waals surface area contributed by atoms with E-state index in [1.54, 1.807) is 13.2 Å². The second-order valence-electron chi connectivity index (χ2n) is 6.69. The van der Waals surface area contributed by atoms with Gasteiger partial charge in [-0.2, -0.15) is 0 Å². The first kappa shape index (κ1) is 24.5. The van der Waals surface area contributed by atoms with Crippen LogP contribution in [0.3, 0.4) is 0 Å². The summed E-state index contributed by atoms with van der Waals surface area (Å²) in [7, 11) is 4.64. The molecule has 0 saturated carbocycles. The number of nitro benzene ring substituents is 1. The Morgan fingerprint density at radius 3 is 2.10 bits per heavy atom. The Morgan fingerprint density at radius 2 is 1.58 bits per heavy atom. The lowest BCUT2D eigenvalue weighted by Crippen LogP contribution is -2.14. The summed E-state index contributed by atoms with van der Waals surface area (Å²) >= 11 is 0. The number of non-ortho nitro benzene ring substituents is 1. The number of hydrogen-bond acceptors (Lipinski definition) is 8. The molecule has 1 atom stereocenters. The van der Waals surface area contributed by atoms with Crippen LogP contribution in [0.1, 0.15) is 35.3 Å². The van der Waals surface area contributed by atoms with E-state index in [0.29, 0.717) is 42.1 Å². The van der Waals surface area contributed by atoms with Gasteiger partial charge in [-0.3, -0.25) is 10.1 Å². The lowest BCUT2D eigenvalue weighted by atomic mass is 9.89. The molecule has 2 aromatic rings. The molecule has 0 bridgehead atoms. The standard InChI is InChI=1S/C22H29NO8/c1-5-17-18(10-11-27-2)21(20(31-14-29-4)12-19(17)30-13-28-3)22(24)15-6-8-16(9-7-15)23(25)26/h6-9,12,22,24H,5,10-11,13-14H2,1-4H3. The highest BCUT2D eigenvalue weighted by atomic mass is 16.7. The topological polar surface area (TPSA) is 110 Å². The highest BCUT2D eigenvalue weighted by molar-refractivity contribution is 5.56. The van der Waals surface area contributed by atoms with Crippen molar-refractivity contribution in [3.8, 4) is 11.5 Å². The summed E-state index contributed by atoms with van der Waals surface area (Å²) in [5.41, 5.74) is 2.72. The van der Waals surface area contributed by atoms with Gasteiger partial charge in [0, 0.05) is 45.1 Å². The zero-order valence-corrected chi connectivity index (χ0v) is 18.3. The van der Waals surface area contributed by atoms with Crippen LogP contribution in [0.25, 0.3) is 0 Å². The Kier molecular flexibility index (Phi) is 9.67. The molecule has 0 aliphatic rings. The zero-order valence-electron chi connectivity index (χ0n) is 18.3. The van der Waals surface area contributed by atoms with Crippen LogP contribution in [0.15, 0.2) is 30.3 Å². The van der Waals surface area contributed by atoms with Gasteiger partial charge in [-0.15, -0.1) is 0 Å². The van der Waals surface area contributed by atoms with Gasteiger partial charge in [-0.05, 0) is 41.7 Å². The SMILES string of the molecule is CCc1c(OCOC)cc(OCOC)c(C(O)c2ccc([N+](=O)[O-])cc2)c1CCOC. The summed E-state index contributed by atoms with van der Waals surface area (Å²) < 4.78 is 26.9. The number of hydrogen-bond donors (Lipinski definition) is 1. The summed E-state index contributed by atoms with van der Waals surface area (Å²) in [6, 6.07) is 7.49. The van der Waals surface area contributed by atoms with E-state index >= 15 is 0 Å². The lowest BCUT2D eigenvalue weighted by Gasteiger charge is -2.25. The fourth-order valence-corrected chi connectivity index (χ4v) is 3.36. The number of rotatable bonds is 13. The molecular formula is C22H29NO8. The number of aliphatic hydroxyl groups is 1. The molecule has 0 radical (unpaired) electrons. The van der Waals surface area contributed by atoms with E-state index in [1.807, 2.05) is 6.92 Å². The highest BCUT2D eigenvalue weighted by Crippen LogP contribution is 2.41. The van der Waals surface area contributed by atoms with Crippen LogP contribution in [0, 0.1) is 10.1 Å². The Bertz CT molecular complexity index is 854. The maximum absolute atomic E-state index is 11.3. The van der Waals surface area contributed by atoms with Gasteiger partial charge in [0.15, 0.2) is 13.6 Å². The van der Waals surface area contributed by atoms with Crippen LogP contribution in [0.5, 0.6) is 11.5 Å². The van der Waals surface area contributed by atoms with Crippen molar-refractivity contribution in [2.75, 3.05) is 41.5 Å². The Balaban J connectivity index is 2.65. The van der Waals surface area contributed by atoms with E-state index in [4.69, 9.17) is 23.7 Å². The van der Waals surface area contributed by atoms with Crippen molar-refractivity contribution in [3.63, 3.8) is 0 Å². The maximum Gasteiger partial charge on any atom is 0.269 e. The molecule has 9 nitrogen and oxygen atoms in total. The van der Waals surface area contributed by atoms with E-state index in [1.165, 1.54) is 38.5 Å². The predicted octanol–water partition coefficient (Wildman–Crippen LogP) is 3.39. The third-order valence-corrected chi connectivity index (χ3v) is 4.78. The van der Waals surface area contributed by atoms with E-state index in [9.17, 15) is 15.2 Å². The minimum absolute atomic E-state index is 0.0289. The Morgan fingerprint density at radius 1 is 0.968 bits per heavy atom. The monoisotopic (exact) mass is 435 g/mol. The molecule has 0 amide bonds. The van der Waals surface area contributed by atoms with Gasteiger partial charge in [-0.25, -0.2) is 0 Å².